The minimum absolute atomic E-state index is 0.168. The molecule has 348 valence electrons. The van der Waals surface area contributed by atoms with E-state index in [9.17, 15) is 9.59 Å². The summed E-state index contributed by atoms with van der Waals surface area (Å²) < 4.78 is 16.0. The van der Waals surface area contributed by atoms with Crippen LogP contribution in [-0.4, -0.2) is 96.3 Å². The molecule has 2 amide bonds. The fraction of sp³-hybridized carbons (Fsp3) is 0.429. The van der Waals surface area contributed by atoms with Gasteiger partial charge in [0, 0.05) is 76.8 Å². The van der Waals surface area contributed by atoms with Crippen molar-refractivity contribution in [3.05, 3.63) is 89.9 Å². The normalized spacial score (nSPS) is 13.0. The zero-order valence-corrected chi connectivity index (χ0v) is 42.6. The van der Waals surface area contributed by atoms with E-state index in [1.807, 2.05) is 64.4 Å². The number of aromatic amines is 1. The number of nitrogens with one attached hydrogen (secondary N) is 3. The Morgan fingerprint density at radius 3 is 1.98 bits per heavy atom. The number of fused-ring (bicyclic) bond motifs is 4. The molecule has 15 nitrogen and oxygen atoms in total. The number of nitrogens with zero attached hydrogens (tertiary/aromatic N) is 8. The Bertz CT molecular complexity index is 2910. The quantitative estimate of drug-likeness (QED) is 0.0702. The number of hydrogen-bond acceptors (Lipinski definition) is 10. The van der Waals surface area contributed by atoms with Crippen LogP contribution in [0.5, 0.6) is 0 Å². The van der Waals surface area contributed by atoms with E-state index >= 15 is 0 Å². The van der Waals surface area contributed by atoms with Crippen molar-refractivity contribution in [2.75, 3.05) is 13.2 Å². The van der Waals surface area contributed by atoms with Gasteiger partial charge in [0.25, 0.3) is 11.8 Å². The summed E-state index contributed by atoms with van der Waals surface area (Å²) in [6, 6.07) is 8.21. The second kappa shape index (κ2) is 19.1. The molecule has 17 heteroatoms. The summed E-state index contributed by atoms with van der Waals surface area (Å²) >= 11 is 0. The van der Waals surface area contributed by atoms with Gasteiger partial charge >= 0.3 is 0 Å². The molecule has 8 rings (SSSR count). The lowest BCUT2D eigenvalue weighted by Crippen LogP contribution is -2.40. The predicted molar refractivity (Wildman–Crippen MR) is 269 cm³/mol. The maximum absolute atomic E-state index is 13.4. The van der Waals surface area contributed by atoms with Gasteiger partial charge in [0.1, 0.15) is 41.6 Å². The van der Waals surface area contributed by atoms with E-state index in [1.165, 1.54) is 0 Å². The molecular formula is C49H65N11O4Si2. The molecule has 0 unspecified atom stereocenters. The van der Waals surface area contributed by atoms with Crippen molar-refractivity contribution in [2.24, 2.45) is 0 Å². The standard InChI is InChI=1S/C30H46N6O3Si2.C19H19N5O/c1-30(2,3)34-29(37)23-19-36(21-39-15-17-41(7,8)9)28-25(23)33-24(18-32-28)26-27-22(10-12-31-26)11-13-35(27)20-38-14-16-40(4,5)6;1-19(2,3)24-18(25)13-9-21-17-16(13)23-14(10-22-17)15-12-6-4-5-11(12)7-8-20-15/h10-13,18-19H,14-17,20-21H2,1-9H3,(H,34,37);4-5,7-10H,6H2,1-3H3,(H,21,22)(H,24,25). The maximum atomic E-state index is 13.4. The van der Waals surface area contributed by atoms with E-state index < -0.39 is 21.7 Å². The number of carbonyl (C=O) groups is 2. The van der Waals surface area contributed by atoms with Crippen LogP contribution < -0.4 is 10.6 Å². The van der Waals surface area contributed by atoms with E-state index in [0.29, 0.717) is 70.6 Å². The van der Waals surface area contributed by atoms with Crippen molar-refractivity contribution in [3.63, 3.8) is 0 Å². The molecule has 0 bridgehead atoms. The molecule has 0 aromatic carbocycles. The molecule has 0 saturated heterocycles. The first-order chi connectivity index (χ1) is 31.0. The Kier molecular flexibility index (Phi) is 13.9. The van der Waals surface area contributed by atoms with Crippen LogP contribution in [0.2, 0.25) is 51.4 Å². The molecule has 0 saturated carbocycles. The van der Waals surface area contributed by atoms with Crippen LogP contribution in [0.1, 0.15) is 73.4 Å². The van der Waals surface area contributed by atoms with E-state index in [1.54, 1.807) is 37.2 Å². The molecule has 3 N–H and O–H groups in total. The SMILES string of the molecule is CC(C)(C)NC(=O)c1c[nH]c2ncc(-c3nccc4c3CC=C4)nc12.CC(C)(C)NC(=O)c1cn(COCC[Si](C)(C)C)c2ncc(-c3nccc4ccn(COCC[Si](C)(C)C)c34)nc12. The largest absolute Gasteiger partial charge is 0.361 e. The summed E-state index contributed by atoms with van der Waals surface area (Å²) in [6.07, 6.45) is 17.5. The number of rotatable bonds is 14. The Morgan fingerprint density at radius 2 is 1.32 bits per heavy atom. The summed E-state index contributed by atoms with van der Waals surface area (Å²) in [6.45, 7) is 27.9. The topological polar surface area (TPSA) is 180 Å². The maximum Gasteiger partial charge on any atom is 0.255 e. The van der Waals surface area contributed by atoms with Crippen LogP contribution in [0, 0.1) is 0 Å². The number of hydrogen-bond donors (Lipinski definition) is 3. The fourth-order valence-corrected chi connectivity index (χ4v) is 8.87. The smallest absolute Gasteiger partial charge is 0.255 e. The van der Waals surface area contributed by atoms with Crippen molar-refractivity contribution in [2.45, 2.75) is 124 Å². The van der Waals surface area contributed by atoms with Gasteiger partial charge in [-0.2, -0.15) is 0 Å². The minimum atomic E-state index is -1.22. The van der Waals surface area contributed by atoms with Crippen molar-refractivity contribution in [3.8, 4) is 22.8 Å². The van der Waals surface area contributed by atoms with E-state index in [2.05, 4.69) is 92.6 Å². The highest BCUT2D eigenvalue weighted by molar-refractivity contribution is 6.76. The predicted octanol–water partition coefficient (Wildman–Crippen LogP) is 9.72. The van der Waals surface area contributed by atoms with Crippen LogP contribution in [0.15, 0.2) is 67.7 Å². The third-order valence-electron chi connectivity index (χ3n) is 10.7. The first kappa shape index (κ1) is 48.1. The van der Waals surface area contributed by atoms with Gasteiger partial charge in [-0.15, -0.1) is 0 Å². The average Bonchev–Trinajstić information content (AvgIpc) is 4.04. The fourth-order valence-electron chi connectivity index (χ4n) is 7.35. The van der Waals surface area contributed by atoms with Gasteiger partial charge in [-0.1, -0.05) is 51.4 Å². The van der Waals surface area contributed by atoms with Gasteiger partial charge in [0.15, 0.2) is 11.3 Å². The summed E-state index contributed by atoms with van der Waals surface area (Å²) in [5.74, 6) is -0.363. The third kappa shape index (κ3) is 11.9. The number of H-pyrrole nitrogens is 1. The summed E-state index contributed by atoms with van der Waals surface area (Å²) in [5.41, 5.74) is 8.58. The Labute approximate surface area is 389 Å². The molecule has 7 heterocycles. The highest BCUT2D eigenvalue weighted by atomic mass is 28.3. The highest BCUT2D eigenvalue weighted by Crippen LogP contribution is 2.31. The van der Waals surface area contributed by atoms with Gasteiger partial charge in [-0.05, 0) is 89.4 Å². The number of aromatic nitrogens is 9. The molecule has 0 spiro atoms. The van der Waals surface area contributed by atoms with E-state index in [0.717, 1.165) is 52.8 Å². The summed E-state index contributed by atoms with van der Waals surface area (Å²) in [7, 11) is -2.39. The second-order valence-electron chi connectivity index (χ2n) is 21.4. The van der Waals surface area contributed by atoms with E-state index in [4.69, 9.17) is 24.4 Å². The molecule has 1 aliphatic carbocycles. The zero-order chi connectivity index (χ0) is 47.6. The zero-order valence-electron chi connectivity index (χ0n) is 40.6. The number of ether oxygens (including phenoxy) is 2. The van der Waals surface area contributed by atoms with Crippen molar-refractivity contribution in [1.82, 2.24) is 54.7 Å². The van der Waals surface area contributed by atoms with Gasteiger partial charge < -0.3 is 34.2 Å². The first-order valence-electron chi connectivity index (χ1n) is 22.6. The Balaban J connectivity index is 0.000000220. The highest BCUT2D eigenvalue weighted by Gasteiger charge is 2.25. The molecule has 0 atom stereocenters. The number of amides is 2. The number of allylic oxidation sites excluding steroid dienone is 1. The number of pyridine rings is 2. The molecular weight excluding hydrogens is 863 g/mol. The molecule has 1 aliphatic rings. The van der Waals surface area contributed by atoms with Gasteiger partial charge in [-0.3, -0.25) is 19.6 Å². The first-order valence-corrected chi connectivity index (χ1v) is 30.0. The summed E-state index contributed by atoms with van der Waals surface area (Å²) in [5, 5.41) is 7.08. The third-order valence-corrected chi connectivity index (χ3v) is 14.1. The molecule has 7 aromatic heterocycles. The van der Waals surface area contributed by atoms with Crippen LogP contribution in [0.3, 0.4) is 0 Å². The van der Waals surface area contributed by atoms with Gasteiger partial charge in [0.05, 0.1) is 34.7 Å². The minimum Gasteiger partial charge on any atom is -0.361 e. The Hall–Kier alpha value is -5.89. The lowest BCUT2D eigenvalue weighted by molar-refractivity contribution is 0.0884. The van der Waals surface area contributed by atoms with Crippen LogP contribution in [0.25, 0.3) is 62.1 Å². The molecule has 0 fully saturated rings. The van der Waals surface area contributed by atoms with Gasteiger partial charge in [0.2, 0.25) is 0 Å². The van der Waals surface area contributed by atoms with Crippen molar-refractivity contribution < 1.29 is 19.1 Å². The van der Waals surface area contributed by atoms with Crippen LogP contribution in [-0.2, 0) is 29.4 Å². The molecule has 0 aliphatic heterocycles. The molecule has 7 aromatic rings. The molecule has 0 radical (unpaired) electrons. The van der Waals surface area contributed by atoms with Crippen molar-refractivity contribution in [1.29, 1.82) is 0 Å². The Morgan fingerprint density at radius 1 is 0.727 bits per heavy atom. The lowest BCUT2D eigenvalue weighted by atomic mass is 10.1. The van der Waals surface area contributed by atoms with E-state index in [-0.39, 0.29) is 17.4 Å². The average molecular weight is 928 g/mol. The van der Waals surface area contributed by atoms with Gasteiger partial charge in [-0.25, -0.2) is 19.9 Å². The summed E-state index contributed by atoms with van der Waals surface area (Å²) in [4.78, 5) is 57.0. The second-order valence-corrected chi connectivity index (χ2v) is 32.7. The van der Waals surface area contributed by atoms with Crippen molar-refractivity contribution >= 4 is 67.3 Å². The number of carbonyl (C=O) groups excluding carboxylic acids is 2. The monoisotopic (exact) mass is 927 g/mol. The lowest BCUT2D eigenvalue weighted by Gasteiger charge is -2.20. The molecule has 66 heavy (non-hydrogen) atoms. The van der Waals surface area contributed by atoms with Crippen LogP contribution >= 0.6 is 0 Å². The van der Waals surface area contributed by atoms with Crippen LogP contribution in [0.4, 0.5) is 0 Å².